The number of aryl methyl sites for hydroxylation is 1. The van der Waals surface area contributed by atoms with E-state index in [1.165, 1.54) is 16.8 Å². The molecule has 0 amide bonds. The predicted molar refractivity (Wildman–Crippen MR) is 158 cm³/mol. The first-order chi connectivity index (χ1) is 18.5. The van der Waals surface area contributed by atoms with E-state index in [1.54, 1.807) is 20.4 Å². The Morgan fingerprint density at radius 2 is 1.92 bits per heavy atom. The van der Waals surface area contributed by atoms with Crippen molar-refractivity contribution in [3.05, 3.63) is 87.7 Å². The third-order valence-electron chi connectivity index (χ3n) is 7.19. The Morgan fingerprint density at radius 3 is 2.56 bits per heavy atom. The van der Waals surface area contributed by atoms with Gasteiger partial charge < -0.3 is 24.9 Å². The van der Waals surface area contributed by atoms with Crippen LogP contribution in [-0.4, -0.2) is 51.9 Å². The van der Waals surface area contributed by atoms with Crippen LogP contribution in [0.2, 0.25) is 0 Å². The molecule has 0 bridgehead atoms. The Labute approximate surface area is 230 Å². The van der Waals surface area contributed by atoms with E-state index in [0.29, 0.717) is 34.5 Å². The molecule has 1 fully saturated rings. The maximum absolute atomic E-state index is 15.0. The van der Waals surface area contributed by atoms with Crippen molar-refractivity contribution in [2.45, 2.75) is 37.3 Å². The molecule has 0 spiro atoms. The second kappa shape index (κ2) is 11.3. The van der Waals surface area contributed by atoms with Crippen LogP contribution < -0.4 is 10.9 Å². The molecule has 4 rings (SSSR count). The van der Waals surface area contributed by atoms with Gasteiger partial charge in [-0.2, -0.15) is 0 Å². The number of rotatable bonds is 9. The highest BCUT2D eigenvalue weighted by atomic mass is 32.2. The van der Waals surface area contributed by atoms with Crippen LogP contribution in [0.3, 0.4) is 0 Å². The standard InChI is InChI=1S/C30H35FN4O3S/c1-19-11-23(20(2)33-26-9-7-8-10-28(26)39(6)37)24-14-27(34(4)29(36)25(24)12-19)21(15-32)13-22(31)16-35-17-30(3,18-35)38-5/h7-16,20,32-33H,17-18H2,1-6H3/b21-13+,22-16-,32-15?. The van der Waals surface area contributed by atoms with Gasteiger partial charge in [-0.05, 0) is 67.6 Å². The van der Waals surface area contributed by atoms with Gasteiger partial charge in [-0.25, -0.2) is 4.39 Å². The molecule has 9 heteroatoms. The second-order valence-electron chi connectivity index (χ2n) is 10.3. The van der Waals surface area contributed by atoms with Crippen LogP contribution >= 0.6 is 0 Å². The number of ether oxygens (including phenoxy) is 1. The largest absolute Gasteiger partial charge is 0.378 e. The van der Waals surface area contributed by atoms with E-state index in [4.69, 9.17) is 10.1 Å². The first kappa shape index (κ1) is 28.4. The highest BCUT2D eigenvalue weighted by Gasteiger charge is 2.37. The van der Waals surface area contributed by atoms with Crippen molar-refractivity contribution < 1.29 is 13.3 Å². The molecule has 1 aliphatic heterocycles. The van der Waals surface area contributed by atoms with Gasteiger partial charge in [0.15, 0.2) is 0 Å². The minimum atomic E-state index is -1.17. The van der Waals surface area contributed by atoms with Crippen LogP contribution in [0.15, 0.2) is 70.3 Å². The van der Waals surface area contributed by atoms with Crippen molar-refractivity contribution in [3.8, 4) is 0 Å². The number of aromatic nitrogens is 1. The Kier molecular flexibility index (Phi) is 8.23. The van der Waals surface area contributed by atoms with Gasteiger partial charge in [-0.15, -0.1) is 0 Å². The number of methoxy groups -OCH3 is 1. The van der Waals surface area contributed by atoms with Gasteiger partial charge in [0.2, 0.25) is 0 Å². The molecule has 2 aromatic carbocycles. The van der Waals surface area contributed by atoms with E-state index in [1.807, 2.05) is 68.1 Å². The molecule has 1 saturated heterocycles. The second-order valence-corrected chi connectivity index (χ2v) is 11.7. The highest BCUT2D eigenvalue weighted by molar-refractivity contribution is 7.84. The molecule has 2 atom stereocenters. The molecule has 0 aliphatic carbocycles. The first-order valence-electron chi connectivity index (χ1n) is 12.7. The van der Waals surface area contributed by atoms with Crippen LogP contribution in [0.1, 0.15) is 36.7 Å². The molecule has 0 radical (unpaired) electrons. The number of likely N-dealkylation sites (tertiary alicyclic amines) is 1. The van der Waals surface area contributed by atoms with Crippen LogP contribution in [0.25, 0.3) is 16.3 Å². The zero-order chi connectivity index (χ0) is 28.5. The van der Waals surface area contributed by atoms with E-state index in [0.717, 1.165) is 23.0 Å². The smallest absolute Gasteiger partial charge is 0.258 e. The topological polar surface area (TPSA) is 87.4 Å². The van der Waals surface area contributed by atoms with Crippen LogP contribution in [0, 0.1) is 12.3 Å². The molecule has 2 unspecified atom stereocenters. The lowest BCUT2D eigenvalue weighted by Crippen LogP contribution is -2.58. The monoisotopic (exact) mass is 550 g/mol. The van der Waals surface area contributed by atoms with Crippen LogP contribution in [0.4, 0.5) is 10.1 Å². The predicted octanol–water partition coefficient (Wildman–Crippen LogP) is 5.32. The number of allylic oxidation sites excluding steroid dienone is 3. The van der Waals surface area contributed by atoms with Crippen molar-refractivity contribution in [1.82, 2.24) is 9.47 Å². The summed E-state index contributed by atoms with van der Waals surface area (Å²) in [6.07, 6.45) is 5.38. The average molecular weight is 551 g/mol. The number of para-hydroxylation sites is 1. The first-order valence-corrected chi connectivity index (χ1v) is 14.2. The van der Waals surface area contributed by atoms with Gasteiger partial charge in [0.25, 0.3) is 5.56 Å². The maximum Gasteiger partial charge on any atom is 0.258 e. The van der Waals surface area contributed by atoms with Crippen LogP contribution in [0.5, 0.6) is 0 Å². The number of hydrogen-bond donors (Lipinski definition) is 2. The molecule has 2 heterocycles. The fourth-order valence-electron chi connectivity index (χ4n) is 5.05. The molecule has 1 aromatic heterocycles. The Hall–Kier alpha value is -3.56. The molecule has 39 heavy (non-hydrogen) atoms. The minimum Gasteiger partial charge on any atom is -0.378 e. The summed E-state index contributed by atoms with van der Waals surface area (Å²) in [6.45, 7) is 7.03. The van der Waals surface area contributed by atoms with Gasteiger partial charge in [-0.1, -0.05) is 18.2 Å². The normalized spacial score (nSPS) is 17.1. The van der Waals surface area contributed by atoms with Crippen molar-refractivity contribution >= 4 is 39.0 Å². The van der Waals surface area contributed by atoms with Gasteiger partial charge in [-0.3, -0.25) is 9.00 Å². The number of benzene rings is 2. The molecule has 206 valence electrons. The van der Waals surface area contributed by atoms with E-state index >= 15 is 0 Å². The number of hydrogen-bond acceptors (Lipinski definition) is 6. The Balaban J connectivity index is 1.77. The quantitative estimate of drug-likeness (QED) is 0.278. The summed E-state index contributed by atoms with van der Waals surface area (Å²) in [5.41, 5.74) is 2.75. The molecule has 3 aromatic rings. The van der Waals surface area contributed by atoms with E-state index in [-0.39, 0.29) is 22.8 Å². The van der Waals surface area contributed by atoms with Gasteiger partial charge in [0.1, 0.15) is 5.83 Å². The average Bonchev–Trinajstić information content (AvgIpc) is 2.88. The van der Waals surface area contributed by atoms with Crippen molar-refractivity contribution in [3.63, 3.8) is 0 Å². The third kappa shape index (κ3) is 5.89. The zero-order valence-corrected chi connectivity index (χ0v) is 24.0. The summed E-state index contributed by atoms with van der Waals surface area (Å²) in [5.74, 6) is -0.512. The van der Waals surface area contributed by atoms with Gasteiger partial charge >= 0.3 is 0 Å². The van der Waals surface area contributed by atoms with Crippen molar-refractivity contribution in [1.29, 1.82) is 5.41 Å². The summed E-state index contributed by atoms with van der Waals surface area (Å²) >= 11 is 0. The highest BCUT2D eigenvalue weighted by Crippen LogP contribution is 2.31. The number of fused-ring (bicyclic) bond motifs is 1. The Bertz CT molecular complexity index is 1570. The number of nitrogens with zero attached hydrogens (tertiary/aromatic N) is 2. The summed E-state index contributed by atoms with van der Waals surface area (Å²) in [4.78, 5) is 16.0. The molecular formula is C30H35FN4O3S. The zero-order valence-electron chi connectivity index (χ0n) is 23.2. The SMILES string of the molecule is COC1(C)CN(/C=C(F)/C=C(\C=N)c2cc3c(C(C)Nc4ccccc4S(C)=O)cc(C)cc3c(=O)n2C)C1. The van der Waals surface area contributed by atoms with Gasteiger partial charge in [0, 0.05) is 62.9 Å². The van der Waals surface area contributed by atoms with Gasteiger partial charge in [0.05, 0.1) is 32.7 Å². The molecule has 7 nitrogen and oxygen atoms in total. The summed E-state index contributed by atoms with van der Waals surface area (Å²) in [7, 11) is 2.10. The number of pyridine rings is 1. The lowest BCUT2D eigenvalue weighted by Gasteiger charge is -2.46. The van der Waals surface area contributed by atoms with Crippen molar-refractivity contribution in [2.75, 3.05) is 31.8 Å². The van der Waals surface area contributed by atoms with E-state index in [9.17, 15) is 13.4 Å². The maximum atomic E-state index is 15.0. The molecule has 0 saturated carbocycles. The molecule has 1 aliphatic rings. The molecule has 2 N–H and O–H groups in total. The molecular weight excluding hydrogens is 515 g/mol. The lowest BCUT2D eigenvalue weighted by atomic mass is 9.95. The van der Waals surface area contributed by atoms with Crippen molar-refractivity contribution in [2.24, 2.45) is 7.05 Å². The van der Waals surface area contributed by atoms with E-state index in [2.05, 4.69) is 5.32 Å². The lowest BCUT2D eigenvalue weighted by molar-refractivity contribution is -0.0921. The Morgan fingerprint density at radius 1 is 1.23 bits per heavy atom. The van der Waals surface area contributed by atoms with Crippen LogP contribution in [-0.2, 0) is 22.6 Å². The number of halogens is 1. The third-order valence-corrected chi connectivity index (χ3v) is 8.16. The number of anilines is 1. The number of nitrogens with one attached hydrogen (secondary N) is 2. The summed E-state index contributed by atoms with van der Waals surface area (Å²) in [6, 6.07) is 12.9. The van der Waals surface area contributed by atoms with E-state index < -0.39 is 16.6 Å². The minimum absolute atomic E-state index is 0.231. The fraction of sp³-hybridized carbons (Fsp3) is 0.333. The summed E-state index contributed by atoms with van der Waals surface area (Å²) in [5, 5.41) is 12.7. The fourth-order valence-corrected chi connectivity index (χ4v) is 5.76. The summed E-state index contributed by atoms with van der Waals surface area (Å²) < 4.78 is 34.1.